The summed E-state index contributed by atoms with van der Waals surface area (Å²) in [5, 5.41) is 16.4. The van der Waals surface area contributed by atoms with Crippen LogP contribution in [-0.2, 0) is 11.3 Å². The van der Waals surface area contributed by atoms with Crippen molar-refractivity contribution in [1.29, 1.82) is 0 Å². The third-order valence-corrected chi connectivity index (χ3v) is 3.47. The molecule has 0 bridgehead atoms. The van der Waals surface area contributed by atoms with Crippen molar-refractivity contribution in [2.24, 2.45) is 0 Å². The first kappa shape index (κ1) is 13.4. The van der Waals surface area contributed by atoms with Crippen LogP contribution in [0.25, 0.3) is 10.7 Å². The summed E-state index contributed by atoms with van der Waals surface area (Å²) in [5.74, 6) is -0.178. The monoisotopic (exact) mass is 303 g/mol. The SMILES string of the molecule is O=C(Cn1nnc(-c2cccs2)n1)Nc1ccc(F)cc1. The third kappa shape index (κ3) is 3.29. The minimum Gasteiger partial charge on any atom is -0.324 e. The summed E-state index contributed by atoms with van der Waals surface area (Å²) >= 11 is 1.50. The molecule has 0 saturated carbocycles. The average molecular weight is 303 g/mol. The molecule has 2 aromatic heterocycles. The van der Waals surface area contributed by atoms with Crippen LogP contribution < -0.4 is 5.32 Å². The zero-order chi connectivity index (χ0) is 14.7. The van der Waals surface area contributed by atoms with Crippen LogP contribution in [0, 0.1) is 5.82 Å². The van der Waals surface area contributed by atoms with Crippen molar-refractivity contribution < 1.29 is 9.18 Å². The Kier molecular flexibility index (Phi) is 3.69. The second-order valence-electron chi connectivity index (χ2n) is 4.18. The van der Waals surface area contributed by atoms with Crippen molar-refractivity contribution in [3.63, 3.8) is 0 Å². The standard InChI is InChI=1S/C13H10FN5OS/c14-9-3-5-10(6-4-9)15-12(20)8-19-17-13(16-18-19)11-2-1-7-21-11/h1-7H,8H2,(H,15,20). The first-order valence-electron chi connectivity index (χ1n) is 6.08. The lowest BCUT2D eigenvalue weighted by Crippen LogP contribution is -2.20. The lowest BCUT2D eigenvalue weighted by atomic mass is 10.3. The maximum Gasteiger partial charge on any atom is 0.248 e. The lowest BCUT2D eigenvalue weighted by Gasteiger charge is -2.03. The maximum atomic E-state index is 12.8. The molecule has 0 aliphatic heterocycles. The van der Waals surface area contributed by atoms with E-state index in [-0.39, 0.29) is 18.3 Å². The summed E-state index contributed by atoms with van der Waals surface area (Å²) in [4.78, 5) is 13.9. The van der Waals surface area contributed by atoms with Gasteiger partial charge in [0, 0.05) is 5.69 Å². The number of halogens is 1. The number of carbonyl (C=O) groups is 1. The Morgan fingerprint density at radius 3 is 2.81 bits per heavy atom. The maximum absolute atomic E-state index is 12.8. The van der Waals surface area contributed by atoms with Gasteiger partial charge in [-0.15, -0.1) is 21.5 Å². The molecule has 8 heteroatoms. The van der Waals surface area contributed by atoms with Crippen molar-refractivity contribution in [2.75, 3.05) is 5.32 Å². The number of benzene rings is 1. The van der Waals surface area contributed by atoms with Crippen molar-refractivity contribution >= 4 is 22.9 Å². The minimum absolute atomic E-state index is 0.0598. The molecule has 1 amide bonds. The van der Waals surface area contributed by atoms with Crippen molar-refractivity contribution in [2.45, 2.75) is 6.54 Å². The highest BCUT2D eigenvalue weighted by Crippen LogP contribution is 2.19. The number of anilines is 1. The van der Waals surface area contributed by atoms with E-state index in [1.807, 2.05) is 17.5 Å². The molecule has 0 radical (unpaired) electrons. The zero-order valence-corrected chi connectivity index (χ0v) is 11.5. The summed E-state index contributed by atoms with van der Waals surface area (Å²) in [5.41, 5.74) is 0.514. The van der Waals surface area contributed by atoms with E-state index in [9.17, 15) is 9.18 Å². The van der Waals surface area contributed by atoms with Crippen LogP contribution >= 0.6 is 11.3 Å². The summed E-state index contributed by atoms with van der Waals surface area (Å²) in [7, 11) is 0. The van der Waals surface area contributed by atoms with Gasteiger partial charge in [-0.1, -0.05) is 6.07 Å². The Labute approximate surface area is 123 Å². The Balaban J connectivity index is 1.64. The second kappa shape index (κ2) is 5.80. The fraction of sp³-hybridized carbons (Fsp3) is 0.0769. The lowest BCUT2D eigenvalue weighted by molar-refractivity contribution is -0.117. The van der Waals surface area contributed by atoms with E-state index in [0.717, 1.165) is 4.88 Å². The summed E-state index contributed by atoms with van der Waals surface area (Å²) in [6.07, 6.45) is 0. The molecular formula is C13H10FN5OS. The van der Waals surface area contributed by atoms with E-state index in [1.165, 1.54) is 40.4 Å². The highest BCUT2D eigenvalue weighted by Gasteiger charge is 2.10. The predicted molar refractivity (Wildman–Crippen MR) is 76.2 cm³/mol. The van der Waals surface area contributed by atoms with Crippen LogP contribution in [0.2, 0.25) is 0 Å². The first-order valence-corrected chi connectivity index (χ1v) is 6.96. The molecule has 1 N–H and O–H groups in total. The van der Waals surface area contributed by atoms with Crippen LogP contribution in [0.3, 0.4) is 0 Å². The number of nitrogens with zero attached hydrogens (tertiary/aromatic N) is 4. The number of carbonyl (C=O) groups excluding carboxylic acids is 1. The van der Waals surface area contributed by atoms with E-state index in [4.69, 9.17) is 0 Å². The van der Waals surface area contributed by atoms with Crippen molar-refractivity contribution in [3.8, 4) is 10.7 Å². The average Bonchev–Trinajstić information content (AvgIpc) is 3.12. The van der Waals surface area contributed by atoms with E-state index >= 15 is 0 Å². The van der Waals surface area contributed by atoms with Gasteiger partial charge >= 0.3 is 0 Å². The second-order valence-corrected chi connectivity index (χ2v) is 5.12. The highest BCUT2D eigenvalue weighted by molar-refractivity contribution is 7.13. The molecule has 3 aromatic rings. The fourth-order valence-corrected chi connectivity index (χ4v) is 2.32. The number of hydrogen-bond donors (Lipinski definition) is 1. The Morgan fingerprint density at radius 2 is 2.10 bits per heavy atom. The predicted octanol–water partition coefficient (Wildman–Crippen LogP) is 2.18. The van der Waals surface area contributed by atoms with E-state index in [2.05, 4.69) is 20.7 Å². The van der Waals surface area contributed by atoms with Crippen LogP contribution in [0.15, 0.2) is 41.8 Å². The number of hydrogen-bond acceptors (Lipinski definition) is 5. The molecule has 2 heterocycles. The van der Waals surface area contributed by atoms with E-state index < -0.39 is 0 Å². The van der Waals surface area contributed by atoms with E-state index in [1.54, 1.807) is 0 Å². The third-order valence-electron chi connectivity index (χ3n) is 2.61. The van der Waals surface area contributed by atoms with Gasteiger partial charge in [0.15, 0.2) is 0 Å². The van der Waals surface area contributed by atoms with Crippen LogP contribution in [0.1, 0.15) is 0 Å². The fourth-order valence-electron chi connectivity index (χ4n) is 1.68. The molecule has 1 aromatic carbocycles. The summed E-state index contributed by atoms with van der Waals surface area (Å²) < 4.78 is 12.8. The van der Waals surface area contributed by atoms with Crippen molar-refractivity contribution in [3.05, 3.63) is 47.6 Å². The molecule has 0 saturated heterocycles. The molecule has 0 atom stereocenters. The summed E-state index contributed by atoms with van der Waals surface area (Å²) in [6, 6.07) is 9.29. The number of amides is 1. The minimum atomic E-state index is -0.355. The van der Waals surface area contributed by atoms with Gasteiger partial charge in [-0.2, -0.15) is 4.80 Å². The van der Waals surface area contributed by atoms with Gasteiger partial charge < -0.3 is 5.32 Å². The number of nitrogens with one attached hydrogen (secondary N) is 1. The van der Waals surface area contributed by atoms with Gasteiger partial charge in [0.25, 0.3) is 0 Å². The van der Waals surface area contributed by atoms with Gasteiger partial charge in [0.05, 0.1) is 4.88 Å². The van der Waals surface area contributed by atoms with E-state index in [0.29, 0.717) is 11.5 Å². The highest BCUT2D eigenvalue weighted by atomic mass is 32.1. The van der Waals surface area contributed by atoms with Crippen LogP contribution in [0.4, 0.5) is 10.1 Å². The molecule has 106 valence electrons. The van der Waals surface area contributed by atoms with Gasteiger partial charge in [-0.05, 0) is 40.9 Å². The normalized spacial score (nSPS) is 10.5. The molecule has 0 aliphatic carbocycles. The topological polar surface area (TPSA) is 72.7 Å². The van der Waals surface area contributed by atoms with Crippen LogP contribution in [0.5, 0.6) is 0 Å². The van der Waals surface area contributed by atoms with Crippen molar-refractivity contribution in [1.82, 2.24) is 20.2 Å². The molecule has 0 aliphatic rings. The Bertz CT molecular complexity index is 738. The van der Waals surface area contributed by atoms with Crippen LogP contribution in [-0.4, -0.2) is 26.1 Å². The summed E-state index contributed by atoms with van der Waals surface area (Å²) in [6.45, 7) is -0.0598. The van der Waals surface area contributed by atoms with Gasteiger partial charge in [0.2, 0.25) is 11.7 Å². The quantitative estimate of drug-likeness (QED) is 0.802. The molecule has 0 unspecified atom stereocenters. The largest absolute Gasteiger partial charge is 0.324 e. The molecule has 0 spiro atoms. The van der Waals surface area contributed by atoms with Gasteiger partial charge in [-0.25, -0.2) is 4.39 Å². The van der Waals surface area contributed by atoms with Gasteiger partial charge in [0.1, 0.15) is 12.4 Å². The number of tetrazole rings is 1. The molecule has 21 heavy (non-hydrogen) atoms. The smallest absolute Gasteiger partial charge is 0.248 e. The Morgan fingerprint density at radius 1 is 1.29 bits per heavy atom. The van der Waals surface area contributed by atoms with Gasteiger partial charge in [-0.3, -0.25) is 4.79 Å². The molecular weight excluding hydrogens is 293 g/mol. The number of aromatic nitrogens is 4. The number of rotatable bonds is 4. The first-order chi connectivity index (χ1) is 10.2. The Hall–Kier alpha value is -2.61. The molecule has 0 fully saturated rings. The molecule has 6 nitrogen and oxygen atoms in total. The zero-order valence-electron chi connectivity index (χ0n) is 10.7. The number of thiophene rings is 1. The molecule has 3 rings (SSSR count).